The highest BCUT2D eigenvalue weighted by molar-refractivity contribution is 6.07. The van der Waals surface area contributed by atoms with Crippen molar-refractivity contribution in [3.63, 3.8) is 0 Å². The molecule has 5 aromatic rings. The van der Waals surface area contributed by atoms with E-state index < -0.39 is 17.6 Å². The predicted octanol–water partition coefficient (Wildman–Crippen LogP) is 6.25. The molecule has 3 aromatic heterocycles. The van der Waals surface area contributed by atoms with Crippen LogP contribution in [-0.4, -0.2) is 15.0 Å². The van der Waals surface area contributed by atoms with Crippen LogP contribution in [0.2, 0.25) is 0 Å². The molecule has 8 heteroatoms. The average molecular weight is 434 g/mol. The molecule has 0 radical (unpaired) electrons. The lowest BCUT2D eigenvalue weighted by molar-refractivity contribution is -0.137. The molecule has 32 heavy (non-hydrogen) atoms. The smallest absolute Gasteiger partial charge is 0.383 e. The maximum atomic E-state index is 14.6. The summed E-state index contributed by atoms with van der Waals surface area (Å²) < 4.78 is 54.4. The van der Waals surface area contributed by atoms with Gasteiger partial charge in [0.05, 0.1) is 11.3 Å². The fourth-order valence-electron chi connectivity index (χ4n) is 3.78. The first-order valence-corrected chi connectivity index (χ1v) is 9.59. The van der Waals surface area contributed by atoms with Gasteiger partial charge in [-0.1, -0.05) is 18.2 Å². The number of aromatic nitrogens is 3. The van der Waals surface area contributed by atoms with Crippen molar-refractivity contribution < 1.29 is 17.6 Å². The molecule has 158 valence electrons. The molecule has 0 unspecified atom stereocenters. The highest BCUT2D eigenvalue weighted by Crippen LogP contribution is 2.38. The summed E-state index contributed by atoms with van der Waals surface area (Å²) in [5.74, 6) is -0.455. The summed E-state index contributed by atoms with van der Waals surface area (Å²) in [6.07, 6.45) is -1.51. The van der Waals surface area contributed by atoms with Gasteiger partial charge in [0.25, 0.3) is 0 Å². The Morgan fingerprint density at radius 3 is 2.34 bits per heavy atom. The fraction of sp³-hybridized carbons (Fsp3) is 0.0417. The molecule has 2 N–H and O–H groups in total. The molecule has 5 rings (SSSR count). The third-order valence-electron chi connectivity index (χ3n) is 5.28. The summed E-state index contributed by atoms with van der Waals surface area (Å²) in [7, 11) is 0. The van der Waals surface area contributed by atoms with Gasteiger partial charge in [-0.05, 0) is 59.0 Å². The van der Waals surface area contributed by atoms with E-state index >= 15 is 0 Å². The van der Waals surface area contributed by atoms with Crippen LogP contribution in [-0.2, 0) is 6.18 Å². The van der Waals surface area contributed by atoms with E-state index in [1.165, 1.54) is 6.20 Å². The van der Waals surface area contributed by atoms with E-state index in [4.69, 9.17) is 5.73 Å². The standard InChI is InChI=1S/C24H14F4N4/c25-20-7-6-13(24(26,27)28)11-19(20)21-12-18(17-5-2-9-31-23(17)32-21)14-3-1-4-16-15(14)8-10-30-22(16)29/h1-12H,(H2,29,30). The molecular formula is C24H14F4N4. The predicted molar refractivity (Wildman–Crippen MR) is 115 cm³/mol. The van der Waals surface area contributed by atoms with Gasteiger partial charge >= 0.3 is 6.18 Å². The second kappa shape index (κ2) is 7.26. The Morgan fingerprint density at radius 2 is 1.53 bits per heavy atom. The van der Waals surface area contributed by atoms with Crippen LogP contribution >= 0.6 is 0 Å². The van der Waals surface area contributed by atoms with Crippen LogP contribution in [0.3, 0.4) is 0 Å². The molecule has 0 fully saturated rings. The molecule has 2 aromatic carbocycles. The van der Waals surface area contributed by atoms with Gasteiger partial charge in [-0.25, -0.2) is 19.3 Å². The van der Waals surface area contributed by atoms with Gasteiger partial charge in [-0.2, -0.15) is 13.2 Å². The molecular weight excluding hydrogens is 420 g/mol. The fourth-order valence-corrected chi connectivity index (χ4v) is 3.78. The van der Waals surface area contributed by atoms with Gasteiger partial charge in [0.15, 0.2) is 5.65 Å². The monoisotopic (exact) mass is 434 g/mol. The van der Waals surface area contributed by atoms with E-state index in [0.717, 1.165) is 28.5 Å². The normalized spacial score (nSPS) is 11.9. The first-order valence-electron chi connectivity index (χ1n) is 9.59. The molecule has 0 aliphatic carbocycles. The van der Waals surface area contributed by atoms with Crippen molar-refractivity contribution in [3.8, 4) is 22.4 Å². The van der Waals surface area contributed by atoms with E-state index in [0.29, 0.717) is 22.8 Å². The average Bonchev–Trinajstić information content (AvgIpc) is 2.78. The number of anilines is 1. The highest BCUT2D eigenvalue weighted by Gasteiger charge is 2.31. The first kappa shape index (κ1) is 19.9. The van der Waals surface area contributed by atoms with E-state index in [9.17, 15) is 17.6 Å². The summed E-state index contributed by atoms with van der Waals surface area (Å²) in [6, 6.07) is 14.7. The minimum atomic E-state index is -4.61. The third kappa shape index (κ3) is 3.30. The largest absolute Gasteiger partial charge is 0.416 e. The third-order valence-corrected chi connectivity index (χ3v) is 5.28. The van der Waals surface area contributed by atoms with Crippen LogP contribution in [0.4, 0.5) is 23.4 Å². The zero-order valence-corrected chi connectivity index (χ0v) is 16.4. The minimum absolute atomic E-state index is 0.0498. The highest BCUT2D eigenvalue weighted by atomic mass is 19.4. The van der Waals surface area contributed by atoms with Crippen molar-refractivity contribution in [3.05, 3.63) is 84.4 Å². The molecule has 0 amide bonds. The van der Waals surface area contributed by atoms with Crippen LogP contribution < -0.4 is 5.73 Å². The number of hydrogen-bond acceptors (Lipinski definition) is 4. The molecule has 0 aliphatic rings. The number of hydrogen-bond donors (Lipinski definition) is 1. The number of fused-ring (bicyclic) bond motifs is 2. The Hall–Kier alpha value is -4.07. The number of rotatable bonds is 2. The minimum Gasteiger partial charge on any atom is -0.383 e. The lowest BCUT2D eigenvalue weighted by atomic mass is 9.95. The Balaban J connectivity index is 1.83. The number of halogens is 4. The number of benzene rings is 2. The van der Waals surface area contributed by atoms with Crippen molar-refractivity contribution in [2.45, 2.75) is 6.18 Å². The number of nitrogens with two attached hydrogens (primary N) is 1. The molecule has 0 saturated carbocycles. The van der Waals surface area contributed by atoms with E-state index in [1.54, 1.807) is 30.5 Å². The molecule has 4 nitrogen and oxygen atoms in total. The van der Waals surface area contributed by atoms with Gasteiger partial charge in [-0.3, -0.25) is 0 Å². The van der Waals surface area contributed by atoms with Gasteiger partial charge in [0.2, 0.25) is 0 Å². The van der Waals surface area contributed by atoms with Gasteiger partial charge in [0.1, 0.15) is 11.6 Å². The lowest BCUT2D eigenvalue weighted by Gasteiger charge is -2.14. The van der Waals surface area contributed by atoms with Crippen molar-refractivity contribution >= 4 is 27.6 Å². The second-order valence-electron chi connectivity index (χ2n) is 7.22. The van der Waals surface area contributed by atoms with Crippen LogP contribution in [0, 0.1) is 5.82 Å². The second-order valence-corrected chi connectivity index (χ2v) is 7.22. The van der Waals surface area contributed by atoms with Crippen molar-refractivity contribution in [1.29, 1.82) is 0 Å². The SMILES string of the molecule is Nc1nccc2c(-c3cc(-c4cc(C(F)(F)F)ccc4F)nc4ncccc34)cccc12. The number of nitrogens with zero attached hydrogens (tertiary/aromatic N) is 3. The molecule has 3 heterocycles. The summed E-state index contributed by atoms with van der Waals surface area (Å²) in [5, 5.41) is 2.20. The molecule has 0 spiro atoms. The summed E-state index contributed by atoms with van der Waals surface area (Å²) in [6.45, 7) is 0. The van der Waals surface area contributed by atoms with Crippen molar-refractivity contribution in [2.24, 2.45) is 0 Å². The Morgan fingerprint density at radius 1 is 0.719 bits per heavy atom. The molecule has 0 atom stereocenters. The zero-order valence-electron chi connectivity index (χ0n) is 16.4. The number of pyridine rings is 3. The maximum absolute atomic E-state index is 14.6. The van der Waals surface area contributed by atoms with Gasteiger partial charge < -0.3 is 5.73 Å². The van der Waals surface area contributed by atoms with Crippen LogP contribution in [0.25, 0.3) is 44.2 Å². The Bertz CT molecular complexity index is 1500. The van der Waals surface area contributed by atoms with Crippen molar-refractivity contribution in [2.75, 3.05) is 5.73 Å². The first-order chi connectivity index (χ1) is 15.3. The Labute approximate surface area is 179 Å². The molecule has 0 aliphatic heterocycles. The number of nitrogen functional groups attached to an aromatic ring is 1. The Kier molecular flexibility index (Phi) is 4.51. The molecule has 0 bridgehead atoms. The summed E-state index contributed by atoms with van der Waals surface area (Å²) >= 11 is 0. The van der Waals surface area contributed by atoms with Crippen LogP contribution in [0.5, 0.6) is 0 Å². The van der Waals surface area contributed by atoms with Crippen LogP contribution in [0.1, 0.15) is 5.56 Å². The quantitative estimate of drug-likeness (QED) is 0.334. The van der Waals surface area contributed by atoms with Gasteiger partial charge in [-0.15, -0.1) is 0 Å². The van der Waals surface area contributed by atoms with E-state index in [-0.39, 0.29) is 16.9 Å². The number of alkyl halides is 3. The topological polar surface area (TPSA) is 64.7 Å². The van der Waals surface area contributed by atoms with E-state index in [2.05, 4.69) is 15.0 Å². The maximum Gasteiger partial charge on any atom is 0.416 e. The van der Waals surface area contributed by atoms with Gasteiger partial charge in [0, 0.05) is 28.7 Å². The molecule has 0 saturated heterocycles. The van der Waals surface area contributed by atoms with E-state index in [1.807, 2.05) is 18.2 Å². The zero-order chi connectivity index (χ0) is 22.5. The summed E-state index contributed by atoms with van der Waals surface area (Å²) in [4.78, 5) is 12.7. The summed E-state index contributed by atoms with van der Waals surface area (Å²) in [5.41, 5.74) is 6.55. The lowest BCUT2D eigenvalue weighted by Crippen LogP contribution is -2.05. The van der Waals surface area contributed by atoms with Crippen LogP contribution in [0.15, 0.2) is 73.1 Å². The van der Waals surface area contributed by atoms with Crippen molar-refractivity contribution in [1.82, 2.24) is 15.0 Å².